The molecule has 8 heavy (non-hydrogen) atoms. The van der Waals surface area contributed by atoms with E-state index in [1.165, 1.54) is 0 Å². The van der Waals surface area contributed by atoms with E-state index in [0.29, 0.717) is 0 Å². The van der Waals surface area contributed by atoms with E-state index in [0.717, 1.165) is 19.6 Å². The topological polar surface area (TPSA) is 31.2 Å². The molecule has 1 unspecified atom stereocenters. The van der Waals surface area contributed by atoms with Crippen molar-refractivity contribution in [3.63, 3.8) is 0 Å². The molecule has 0 amide bonds. The first kappa shape index (κ1) is 6.05. The molecule has 0 radical (unpaired) electrons. The summed E-state index contributed by atoms with van der Waals surface area (Å²) in [6.07, 6.45) is 1.08. The maximum atomic E-state index is 5.38. The van der Waals surface area contributed by atoms with Gasteiger partial charge in [0.25, 0.3) is 0 Å². The molecule has 1 atom stereocenters. The van der Waals surface area contributed by atoms with Crippen molar-refractivity contribution in [2.45, 2.75) is 26.0 Å². The van der Waals surface area contributed by atoms with E-state index >= 15 is 0 Å². The van der Waals surface area contributed by atoms with E-state index in [1.54, 1.807) is 0 Å². The monoisotopic (exact) mass is 115 g/mol. The summed E-state index contributed by atoms with van der Waals surface area (Å²) in [5, 5.41) is 3.18. The van der Waals surface area contributed by atoms with Gasteiger partial charge in [-0.15, -0.1) is 0 Å². The van der Waals surface area contributed by atoms with Gasteiger partial charge in [0, 0.05) is 13.2 Å². The maximum absolute atomic E-state index is 5.38. The van der Waals surface area contributed by atoms with Gasteiger partial charge in [0.05, 0.1) is 0 Å². The van der Waals surface area contributed by atoms with Gasteiger partial charge in [-0.25, -0.2) is 0 Å². The van der Waals surface area contributed by atoms with Crippen molar-refractivity contribution in [3.05, 3.63) is 0 Å². The molecule has 1 saturated heterocycles. The van der Waals surface area contributed by atoms with Gasteiger partial charge in [-0.2, -0.15) is 0 Å². The molecule has 1 fully saturated rings. The second-order valence-electron chi connectivity index (χ2n) is 2.13. The standard InChI is InChI=1S/C6H13NO/c1-3-6(5-7-6)8-4-2/h7H,3-5H2,1-2H3. The fourth-order valence-electron chi connectivity index (χ4n) is 0.829. The van der Waals surface area contributed by atoms with Crippen molar-refractivity contribution in [2.24, 2.45) is 0 Å². The summed E-state index contributed by atoms with van der Waals surface area (Å²) in [5.74, 6) is 0. The van der Waals surface area contributed by atoms with Gasteiger partial charge in [0.15, 0.2) is 0 Å². The second kappa shape index (κ2) is 2.03. The Bertz CT molecular complexity index is 78.6. The highest BCUT2D eigenvalue weighted by Gasteiger charge is 2.40. The van der Waals surface area contributed by atoms with Crippen molar-refractivity contribution < 1.29 is 4.74 Å². The lowest BCUT2D eigenvalue weighted by Gasteiger charge is -2.08. The van der Waals surface area contributed by atoms with E-state index in [4.69, 9.17) is 4.74 Å². The highest BCUT2D eigenvalue weighted by Crippen LogP contribution is 2.21. The van der Waals surface area contributed by atoms with Crippen LogP contribution in [0.4, 0.5) is 0 Å². The highest BCUT2D eigenvalue weighted by atomic mass is 16.5. The van der Waals surface area contributed by atoms with Crippen LogP contribution in [-0.2, 0) is 4.74 Å². The average molecular weight is 115 g/mol. The fourth-order valence-corrected chi connectivity index (χ4v) is 0.829. The first-order valence-electron chi connectivity index (χ1n) is 3.22. The Morgan fingerprint density at radius 2 is 2.25 bits per heavy atom. The lowest BCUT2D eigenvalue weighted by molar-refractivity contribution is 0.0357. The predicted octanol–water partition coefficient (Wildman–Crippen LogP) is 0.732. The van der Waals surface area contributed by atoms with Gasteiger partial charge in [-0.1, -0.05) is 6.92 Å². The SMILES string of the molecule is CCOC1(CC)CN1. The smallest absolute Gasteiger partial charge is 0.131 e. The van der Waals surface area contributed by atoms with Gasteiger partial charge < -0.3 is 4.74 Å². The molecule has 1 rings (SSSR count). The molecule has 0 bridgehead atoms. The molecular weight excluding hydrogens is 102 g/mol. The molecule has 0 aromatic rings. The molecule has 0 spiro atoms. The molecule has 0 aromatic carbocycles. The molecular formula is C6H13NO. The van der Waals surface area contributed by atoms with Crippen LogP contribution in [0.25, 0.3) is 0 Å². The number of nitrogens with one attached hydrogen (secondary N) is 1. The molecule has 1 heterocycles. The Hall–Kier alpha value is -0.0800. The molecule has 1 aliphatic rings. The van der Waals surface area contributed by atoms with Gasteiger partial charge >= 0.3 is 0 Å². The summed E-state index contributed by atoms with van der Waals surface area (Å²) in [5.41, 5.74) is 0.0920. The summed E-state index contributed by atoms with van der Waals surface area (Å²) in [7, 11) is 0. The van der Waals surface area contributed by atoms with Crippen LogP contribution in [-0.4, -0.2) is 18.9 Å². The zero-order valence-corrected chi connectivity index (χ0v) is 5.53. The molecule has 0 aliphatic carbocycles. The van der Waals surface area contributed by atoms with Crippen LogP contribution < -0.4 is 5.32 Å². The second-order valence-corrected chi connectivity index (χ2v) is 2.13. The minimum atomic E-state index is 0.0920. The molecule has 2 nitrogen and oxygen atoms in total. The summed E-state index contributed by atoms with van der Waals surface area (Å²) >= 11 is 0. The van der Waals surface area contributed by atoms with E-state index in [2.05, 4.69) is 12.2 Å². The summed E-state index contributed by atoms with van der Waals surface area (Å²) in [6.45, 7) is 6.02. The first-order valence-corrected chi connectivity index (χ1v) is 3.22. The van der Waals surface area contributed by atoms with Crippen LogP contribution in [0.15, 0.2) is 0 Å². The molecule has 0 saturated carbocycles. The number of hydrogen-bond donors (Lipinski definition) is 1. The van der Waals surface area contributed by atoms with Crippen LogP contribution >= 0.6 is 0 Å². The summed E-state index contributed by atoms with van der Waals surface area (Å²) in [4.78, 5) is 0. The third-order valence-corrected chi connectivity index (χ3v) is 1.56. The van der Waals surface area contributed by atoms with Crippen LogP contribution in [0.5, 0.6) is 0 Å². The Kier molecular flexibility index (Phi) is 1.54. The third-order valence-electron chi connectivity index (χ3n) is 1.56. The van der Waals surface area contributed by atoms with Gasteiger partial charge in [-0.3, -0.25) is 5.32 Å². The van der Waals surface area contributed by atoms with Crippen LogP contribution in [0.3, 0.4) is 0 Å². The summed E-state index contributed by atoms with van der Waals surface area (Å²) < 4.78 is 5.38. The highest BCUT2D eigenvalue weighted by molar-refractivity contribution is 4.93. The minimum Gasteiger partial charge on any atom is -0.360 e. The Balaban J connectivity index is 2.20. The first-order chi connectivity index (χ1) is 3.83. The summed E-state index contributed by atoms with van der Waals surface area (Å²) in [6, 6.07) is 0. The Labute approximate surface area is 50.2 Å². The van der Waals surface area contributed by atoms with Crippen molar-refractivity contribution in [1.29, 1.82) is 0 Å². The normalized spacial score (nSPS) is 35.2. The minimum absolute atomic E-state index is 0.0920. The molecule has 2 heteroatoms. The molecule has 0 aromatic heterocycles. The van der Waals surface area contributed by atoms with E-state index in [1.807, 2.05) is 6.92 Å². The van der Waals surface area contributed by atoms with Crippen molar-refractivity contribution >= 4 is 0 Å². The van der Waals surface area contributed by atoms with Crippen molar-refractivity contribution in [2.75, 3.05) is 13.2 Å². The average Bonchev–Trinajstić information content (AvgIpc) is 2.50. The van der Waals surface area contributed by atoms with Gasteiger partial charge in [0.2, 0.25) is 0 Å². The zero-order valence-electron chi connectivity index (χ0n) is 5.53. The third kappa shape index (κ3) is 1.01. The molecule has 1 aliphatic heterocycles. The predicted molar refractivity (Wildman–Crippen MR) is 32.7 cm³/mol. The van der Waals surface area contributed by atoms with E-state index < -0.39 is 0 Å². The Morgan fingerprint density at radius 3 is 2.38 bits per heavy atom. The van der Waals surface area contributed by atoms with Crippen LogP contribution in [0.1, 0.15) is 20.3 Å². The quantitative estimate of drug-likeness (QED) is 0.550. The fraction of sp³-hybridized carbons (Fsp3) is 1.00. The number of ether oxygens (including phenoxy) is 1. The zero-order chi connectivity index (χ0) is 6.04. The van der Waals surface area contributed by atoms with E-state index in [9.17, 15) is 0 Å². The maximum Gasteiger partial charge on any atom is 0.131 e. The van der Waals surface area contributed by atoms with Crippen molar-refractivity contribution in [1.82, 2.24) is 5.32 Å². The largest absolute Gasteiger partial charge is 0.360 e. The van der Waals surface area contributed by atoms with E-state index in [-0.39, 0.29) is 5.72 Å². The number of rotatable bonds is 3. The van der Waals surface area contributed by atoms with Crippen LogP contribution in [0, 0.1) is 0 Å². The van der Waals surface area contributed by atoms with Crippen LogP contribution in [0.2, 0.25) is 0 Å². The number of hydrogen-bond acceptors (Lipinski definition) is 2. The molecule has 48 valence electrons. The lowest BCUT2D eigenvalue weighted by atomic mass is 10.3. The van der Waals surface area contributed by atoms with Crippen molar-refractivity contribution in [3.8, 4) is 0 Å². The van der Waals surface area contributed by atoms with Gasteiger partial charge in [0.1, 0.15) is 5.72 Å². The molecule has 1 N–H and O–H groups in total. The Morgan fingerprint density at radius 1 is 1.62 bits per heavy atom. The lowest BCUT2D eigenvalue weighted by Crippen LogP contribution is -2.18. The van der Waals surface area contributed by atoms with Gasteiger partial charge in [-0.05, 0) is 13.3 Å².